The van der Waals surface area contributed by atoms with Crippen LogP contribution in [0.4, 0.5) is 5.69 Å². The van der Waals surface area contributed by atoms with Gasteiger partial charge in [-0.25, -0.2) is 4.98 Å². The zero-order chi connectivity index (χ0) is 16.6. The first-order chi connectivity index (χ1) is 11.0. The van der Waals surface area contributed by atoms with Gasteiger partial charge in [-0.1, -0.05) is 0 Å². The zero-order valence-electron chi connectivity index (χ0n) is 13.5. The number of carbonyl (C=O) groups excluding carboxylic acids is 2. The number of nitrogens with one attached hydrogen (secondary N) is 1. The van der Waals surface area contributed by atoms with E-state index in [0.29, 0.717) is 13.1 Å². The molecule has 0 radical (unpaired) electrons. The number of anilines is 1. The maximum Gasteiger partial charge on any atom is 0.231 e. The highest BCUT2D eigenvalue weighted by atomic mass is 16.2. The van der Waals surface area contributed by atoms with Crippen molar-refractivity contribution in [2.75, 3.05) is 18.4 Å². The summed E-state index contributed by atoms with van der Waals surface area (Å²) in [5, 5.41) is 2.90. The Morgan fingerprint density at radius 3 is 2.35 bits per heavy atom. The summed E-state index contributed by atoms with van der Waals surface area (Å²) >= 11 is 0. The van der Waals surface area contributed by atoms with Gasteiger partial charge in [0.25, 0.3) is 0 Å². The lowest BCUT2D eigenvalue weighted by Crippen LogP contribution is -2.53. The van der Waals surface area contributed by atoms with Gasteiger partial charge in [0.1, 0.15) is 0 Å². The molecule has 1 aliphatic rings. The molecule has 0 bridgehead atoms. The molecule has 0 unspecified atom stereocenters. The predicted molar refractivity (Wildman–Crippen MR) is 87.4 cm³/mol. The van der Waals surface area contributed by atoms with E-state index in [1.54, 1.807) is 11.2 Å². The minimum Gasteiger partial charge on any atom is -0.341 e. The molecule has 6 heteroatoms. The Morgan fingerprint density at radius 1 is 1.17 bits per heavy atom. The molecule has 0 aliphatic carbocycles. The molecule has 1 N–H and O–H groups in total. The number of carbonyl (C=O) groups is 2. The van der Waals surface area contributed by atoms with Crippen LogP contribution in [0, 0.1) is 19.8 Å². The van der Waals surface area contributed by atoms with Crippen molar-refractivity contribution >= 4 is 17.5 Å². The molecule has 1 aromatic carbocycles. The molecule has 6 nitrogen and oxygen atoms in total. The Hall–Kier alpha value is -2.63. The summed E-state index contributed by atoms with van der Waals surface area (Å²) in [5.41, 5.74) is 3.87. The highest BCUT2D eigenvalue weighted by Gasteiger charge is 2.33. The van der Waals surface area contributed by atoms with E-state index in [1.807, 2.05) is 42.7 Å². The lowest BCUT2D eigenvalue weighted by atomic mass is 9.99. The van der Waals surface area contributed by atoms with Crippen molar-refractivity contribution in [2.24, 2.45) is 5.92 Å². The number of aromatic nitrogens is 2. The summed E-state index contributed by atoms with van der Waals surface area (Å²) in [5.74, 6) is -0.133. The molecule has 23 heavy (non-hydrogen) atoms. The second-order valence-corrected chi connectivity index (χ2v) is 5.94. The predicted octanol–water partition coefficient (Wildman–Crippen LogP) is 1.91. The van der Waals surface area contributed by atoms with E-state index in [1.165, 1.54) is 6.92 Å². The second-order valence-electron chi connectivity index (χ2n) is 5.94. The second kappa shape index (κ2) is 5.87. The number of hydrogen-bond acceptors (Lipinski definition) is 3. The summed E-state index contributed by atoms with van der Waals surface area (Å²) < 4.78 is 2.01. The van der Waals surface area contributed by atoms with Crippen LogP contribution in [0.3, 0.4) is 0 Å². The lowest BCUT2D eigenvalue weighted by Gasteiger charge is -2.37. The van der Waals surface area contributed by atoms with Crippen molar-refractivity contribution < 1.29 is 9.59 Å². The molecule has 1 aromatic heterocycles. The first-order valence-electron chi connectivity index (χ1n) is 7.63. The van der Waals surface area contributed by atoms with Gasteiger partial charge in [-0.05, 0) is 38.1 Å². The van der Waals surface area contributed by atoms with E-state index in [4.69, 9.17) is 0 Å². The molecular weight excluding hydrogens is 292 g/mol. The van der Waals surface area contributed by atoms with Gasteiger partial charge in [-0.15, -0.1) is 0 Å². The monoisotopic (exact) mass is 312 g/mol. The van der Waals surface area contributed by atoms with Crippen LogP contribution in [0.15, 0.2) is 30.6 Å². The highest BCUT2D eigenvalue weighted by molar-refractivity contribution is 5.94. The number of benzene rings is 1. The van der Waals surface area contributed by atoms with Crippen molar-refractivity contribution in [3.63, 3.8) is 0 Å². The third kappa shape index (κ3) is 2.97. The zero-order valence-corrected chi connectivity index (χ0v) is 13.5. The van der Waals surface area contributed by atoms with Crippen molar-refractivity contribution in [2.45, 2.75) is 20.8 Å². The van der Waals surface area contributed by atoms with E-state index in [2.05, 4.69) is 10.3 Å². The fourth-order valence-corrected chi connectivity index (χ4v) is 2.61. The van der Waals surface area contributed by atoms with Crippen LogP contribution in [-0.4, -0.2) is 39.4 Å². The summed E-state index contributed by atoms with van der Waals surface area (Å²) in [4.78, 5) is 29.2. The van der Waals surface area contributed by atoms with Gasteiger partial charge in [0.05, 0.1) is 17.9 Å². The van der Waals surface area contributed by atoms with Gasteiger partial charge in [-0.3, -0.25) is 9.59 Å². The number of nitrogens with zero attached hydrogens (tertiary/aromatic N) is 3. The SMILES string of the molecule is CC(=O)N1CC(C(=O)Nc2ccc(-n3cnc(C)c3C)cc2)C1. The quantitative estimate of drug-likeness (QED) is 0.941. The first-order valence-corrected chi connectivity index (χ1v) is 7.63. The fraction of sp³-hybridized carbons (Fsp3) is 0.353. The largest absolute Gasteiger partial charge is 0.341 e. The van der Waals surface area contributed by atoms with Gasteiger partial charge in [0.2, 0.25) is 11.8 Å². The van der Waals surface area contributed by atoms with Crippen LogP contribution in [0.25, 0.3) is 5.69 Å². The van der Waals surface area contributed by atoms with Crippen molar-refractivity contribution in [1.82, 2.24) is 14.5 Å². The number of amides is 2. The summed E-state index contributed by atoms with van der Waals surface area (Å²) in [7, 11) is 0. The number of imidazole rings is 1. The third-order valence-electron chi connectivity index (χ3n) is 4.36. The molecule has 0 spiro atoms. The Balaban J connectivity index is 1.63. The fourth-order valence-electron chi connectivity index (χ4n) is 2.61. The number of likely N-dealkylation sites (tertiary alicyclic amines) is 1. The average molecular weight is 312 g/mol. The maximum absolute atomic E-state index is 12.1. The molecule has 2 amide bonds. The minimum atomic E-state index is -0.114. The Kier molecular flexibility index (Phi) is 3.90. The topological polar surface area (TPSA) is 67.2 Å². The van der Waals surface area contributed by atoms with E-state index in [-0.39, 0.29) is 17.7 Å². The van der Waals surface area contributed by atoms with E-state index < -0.39 is 0 Å². The smallest absolute Gasteiger partial charge is 0.231 e. The normalized spacial score (nSPS) is 14.5. The third-order valence-corrected chi connectivity index (χ3v) is 4.36. The van der Waals surface area contributed by atoms with Gasteiger partial charge < -0.3 is 14.8 Å². The molecule has 1 aliphatic heterocycles. The van der Waals surface area contributed by atoms with Crippen molar-refractivity contribution in [1.29, 1.82) is 0 Å². The lowest BCUT2D eigenvalue weighted by molar-refractivity contribution is -0.139. The van der Waals surface area contributed by atoms with Crippen LogP contribution in [0.5, 0.6) is 0 Å². The average Bonchev–Trinajstić information content (AvgIpc) is 2.78. The van der Waals surface area contributed by atoms with Crippen molar-refractivity contribution in [3.8, 4) is 5.69 Å². The molecule has 2 aromatic rings. The van der Waals surface area contributed by atoms with E-state index in [0.717, 1.165) is 22.8 Å². The maximum atomic E-state index is 12.1. The van der Waals surface area contributed by atoms with Gasteiger partial charge in [-0.2, -0.15) is 0 Å². The van der Waals surface area contributed by atoms with E-state index >= 15 is 0 Å². The summed E-state index contributed by atoms with van der Waals surface area (Å²) in [6, 6.07) is 7.66. The number of rotatable bonds is 3. The Labute approximate surface area is 135 Å². The molecule has 1 fully saturated rings. The van der Waals surface area contributed by atoms with Crippen LogP contribution in [-0.2, 0) is 9.59 Å². The molecule has 1 saturated heterocycles. The summed E-state index contributed by atoms with van der Waals surface area (Å²) in [6.07, 6.45) is 1.79. The van der Waals surface area contributed by atoms with Crippen LogP contribution >= 0.6 is 0 Å². The van der Waals surface area contributed by atoms with Crippen molar-refractivity contribution in [3.05, 3.63) is 42.0 Å². The Bertz CT molecular complexity index is 742. The van der Waals surface area contributed by atoms with Crippen LogP contribution in [0.2, 0.25) is 0 Å². The molecule has 2 heterocycles. The van der Waals surface area contributed by atoms with Crippen LogP contribution in [0.1, 0.15) is 18.3 Å². The Morgan fingerprint density at radius 2 is 1.83 bits per heavy atom. The molecular formula is C17H20N4O2. The minimum absolute atomic E-state index is 0.0180. The first kappa shape index (κ1) is 15.3. The van der Waals surface area contributed by atoms with Crippen LogP contribution < -0.4 is 5.32 Å². The van der Waals surface area contributed by atoms with Gasteiger partial charge in [0.15, 0.2) is 0 Å². The highest BCUT2D eigenvalue weighted by Crippen LogP contribution is 2.20. The molecule has 0 saturated carbocycles. The number of hydrogen-bond donors (Lipinski definition) is 1. The number of aryl methyl sites for hydroxylation is 1. The molecule has 120 valence electrons. The molecule has 0 atom stereocenters. The van der Waals surface area contributed by atoms with E-state index in [9.17, 15) is 9.59 Å². The standard InChI is InChI=1S/C17H20N4O2/c1-11-12(2)21(10-18-11)16-6-4-15(5-7-16)19-17(23)14-8-20(9-14)13(3)22/h4-7,10,14H,8-9H2,1-3H3,(H,19,23). The summed E-state index contributed by atoms with van der Waals surface area (Å²) in [6.45, 7) is 6.53. The van der Waals surface area contributed by atoms with Gasteiger partial charge >= 0.3 is 0 Å². The van der Waals surface area contributed by atoms with Gasteiger partial charge in [0, 0.05) is 37.1 Å². The molecule has 3 rings (SSSR count).